The smallest absolute Gasteiger partial charge is 0.343 e. The van der Waals surface area contributed by atoms with Crippen molar-refractivity contribution >= 4 is 11.9 Å². The number of rotatable bonds is 7. The van der Waals surface area contributed by atoms with Gasteiger partial charge in [0.1, 0.15) is 0 Å². The number of hydrogen-bond acceptors (Lipinski definition) is 5. The summed E-state index contributed by atoms with van der Waals surface area (Å²) in [4.78, 5) is 24.2. The van der Waals surface area contributed by atoms with Crippen molar-refractivity contribution in [3.8, 4) is 11.5 Å². The van der Waals surface area contributed by atoms with Crippen LogP contribution in [0.3, 0.4) is 0 Å². The predicted octanol–water partition coefficient (Wildman–Crippen LogP) is 4.31. The summed E-state index contributed by atoms with van der Waals surface area (Å²) in [6.45, 7) is 0.236. The molecule has 0 atom stereocenters. The van der Waals surface area contributed by atoms with E-state index >= 15 is 0 Å². The van der Waals surface area contributed by atoms with E-state index in [2.05, 4.69) is 0 Å². The molecule has 0 saturated heterocycles. The van der Waals surface area contributed by atoms with Gasteiger partial charge in [-0.2, -0.15) is 0 Å². The van der Waals surface area contributed by atoms with E-state index in [1.165, 1.54) is 7.11 Å². The zero-order valence-corrected chi connectivity index (χ0v) is 15.5. The highest BCUT2D eigenvalue weighted by Gasteiger charge is 2.13. The molecule has 5 nitrogen and oxygen atoms in total. The zero-order chi connectivity index (χ0) is 19.8. The van der Waals surface area contributed by atoms with E-state index in [0.29, 0.717) is 29.0 Å². The highest BCUT2D eigenvalue weighted by atomic mass is 16.6. The van der Waals surface area contributed by atoms with Crippen molar-refractivity contribution in [2.45, 2.75) is 6.42 Å². The first-order valence-electron chi connectivity index (χ1n) is 8.83. The number of carbonyl (C=O) groups is 2. The second-order valence-electron chi connectivity index (χ2n) is 5.99. The summed E-state index contributed by atoms with van der Waals surface area (Å²) in [5.41, 5.74) is 1.88. The van der Waals surface area contributed by atoms with Gasteiger partial charge in [-0.3, -0.25) is 0 Å². The minimum Gasteiger partial charge on any atom is -0.493 e. The first kappa shape index (κ1) is 19.2. The number of methoxy groups -OCH3 is 1. The normalized spacial score (nSPS) is 10.2. The maximum absolute atomic E-state index is 12.2. The first-order valence-corrected chi connectivity index (χ1v) is 8.83. The van der Waals surface area contributed by atoms with Crippen molar-refractivity contribution < 1.29 is 23.8 Å². The van der Waals surface area contributed by atoms with Gasteiger partial charge < -0.3 is 14.2 Å². The lowest BCUT2D eigenvalue weighted by Crippen LogP contribution is -2.10. The van der Waals surface area contributed by atoms with Gasteiger partial charge in [0.2, 0.25) is 0 Å². The number of esters is 2. The Labute approximate surface area is 163 Å². The Bertz CT molecular complexity index is 936. The van der Waals surface area contributed by atoms with Gasteiger partial charge in [0.25, 0.3) is 0 Å². The molecule has 0 aliphatic carbocycles. The molecule has 0 fully saturated rings. The van der Waals surface area contributed by atoms with Crippen LogP contribution in [0.2, 0.25) is 0 Å². The van der Waals surface area contributed by atoms with Gasteiger partial charge in [-0.15, -0.1) is 0 Å². The van der Waals surface area contributed by atoms with Gasteiger partial charge in [-0.1, -0.05) is 42.5 Å². The minimum absolute atomic E-state index is 0.236. The van der Waals surface area contributed by atoms with Crippen LogP contribution in [0.15, 0.2) is 78.9 Å². The molecule has 3 aromatic carbocycles. The average Bonchev–Trinajstić information content (AvgIpc) is 2.75. The molecule has 0 aromatic heterocycles. The molecule has 0 saturated carbocycles. The van der Waals surface area contributed by atoms with Gasteiger partial charge in [0.15, 0.2) is 11.5 Å². The highest BCUT2D eigenvalue weighted by molar-refractivity contribution is 5.91. The third-order valence-electron chi connectivity index (χ3n) is 4.07. The third kappa shape index (κ3) is 4.98. The summed E-state index contributed by atoms with van der Waals surface area (Å²) in [6, 6.07) is 22.8. The highest BCUT2D eigenvalue weighted by Crippen LogP contribution is 2.29. The average molecular weight is 376 g/mol. The van der Waals surface area contributed by atoms with Crippen LogP contribution < -0.4 is 9.47 Å². The van der Waals surface area contributed by atoms with E-state index in [4.69, 9.17) is 14.2 Å². The van der Waals surface area contributed by atoms with E-state index in [9.17, 15) is 9.59 Å². The Balaban J connectivity index is 1.60. The molecule has 3 rings (SSSR count). The summed E-state index contributed by atoms with van der Waals surface area (Å²) in [7, 11) is 1.51. The van der Waals surface area contributed by atoms with Crippen LogP contribution in [0.1, 0.15) is 26.3 Å². The zero-order valence-electron chi connectivity index (χ0n) is 15.5. The molecule has 28 heavy (non-hydrogen) atoms. The molecule has 142 valence electrons. The summed E-state index contributed by atoms with van der Waals surface area (Å²) >= 11 is 0. The topological polar surface area (TPSA) is 61.8 Å². The van der Waals surface area contributed by atoms with Crippen LogP contribution in [0.25, 0.3) is 0 Å². The van der Waals surface area contributed by atoms with Crippen molar-refractivity contribution in [2.75, 3.05) is 13.7 Å². The fourth-order valence-corrected chi connectivity index (χ4v) is 2.60. The summed E-state index contributed by atoms with van der Waals surface area (Å²) < 4.78 is 16.1. The second kappa shape index (κ2) is 9.37. The quantitative estimate of drug-likeness (QED) is 0.454. The summed E-state index contributed by atoms with van der Waals surface area (Å²) in [5.74, 6) is -0.0398. The number of hydrogen-bond donors (Lipinski definition) is 0. The van der Waals surface area contributed by atoms with E-state index < -0.39 is 5.97 Å². The minimum atomic E-state index is -0.455. The van der Waals surface area contributed by atoms with Crippen molar-refractivity contribution in [3.05, 3.63) is 95.6 Å². The number of ether oxygens (including phenoxy) is 3. The van der Waals surface area contributed by atoms with Crippen LogP contribution in [-0.2, 0) is 11.2 Å². The van der Waals surface area contributed by atoms with Crippen LogP contribution in [-0.4, -0.2) is 25.7 Å². The van der Waals surface area contributed by atoms with E-state index in [1.807, 2.05) is 18.2 Å². The van der Waals surface area contributed by atoms with Crippen molar-refractivity contribution in [3.63, 3.8) is 0 Å². The molecule has 5 heteroatoms. The third-order valence-corrected chi connectivity index (χ3v) is 4.07. The molecule has 3 aromatic rings. The van der Waals surface area contributed by atoms with Crippen LogP contribution in [0, 0.1) is 0 Å². The molecular formula is C23H20O5. The molecule has 0 heterocycles. The Morgan fingerprint density at radius 3 is 1.96 bits per heavy atom. The lowest BCUT2D eigenvalue weighted by atomic mass is 10.1. The lowest BCUT2D eigenvalue weighted by Gasteiger charge is -2.11. The molecule has 0 N–H and O–H groups in total. The van der Waals surface area contributed by atoms with Crippen LogP contribution in [0.5, 0.6) is 11.5 Å². The molecule has 0 radical (unpaired) electrons. The Morgan fingerprint density at radius 2 is 1.36 bits per heavy atom. The molecule has 0 spiro atoms. The Morgan fingerprint density at radius 1 is 0.750 bits per heavy atom. The molecule has 0 aliphatic rings. The van der Waals surface area contributed by atoms with E-state index in [-0.39, 0.29) is 12.6 Å². The maximum atomic E-state index is 12.2. The largest absolute Gasteiger partial charge is 0.493 e. The fraction of sp³-hybridized carbons (Fsp3) is 0.130. The molecular weight excluding hydrogens is 356 g/mol. The monoisotopic (exact) mass is 376 g/mol. The Hall–Kier alpha value is -3.60. The SMILES string of the molecule is COc1cc(CCOC(=O)c2ccccc2)ccc1OC(=O)c1ccccc1. The van der Waals surface area contributed by atoms with Crippen molar-refractivity contribution in [1.29, 1.82) is 0 Å². The lowest BCUT2D eigenvalue weighted by molar-refractivity contribution is 0.0508. The summed E-state index contributed by atoms with van der Waals surface area (Å²) in [6.07, 6.45) is 0.516. The van der Waals surface area contributed by atoms with Crippen LogP contribution in [0.4, 0.5) is 0 Å². The number of benzene rings is 3. The van der Waals surface area contributed by atoms with E-state index in [1.54, 1.807) is 60.7 Å². The maximum Gasteiger partial charge on any atom is 0.343 e. The standard InChI is InChI=1S/C23H20O5/c1-26-21-16-17(14-15-27-22(24)18-8-4-2-5-9-18)12-13-20(21)28-23(25)19-10-6-3-7-11-19/h2-13,16H,14-15H2,1H3. The predicted molar refractivity (Wildman–Crippen MR) is 105 cm³/mol. The van der Waals surface area contributed by atoms with Crippen molar-refractivity contribution in [1.82, 2.24) is 0 Å². The van der Waals surface area contributed by atoms with Gasteiger partial charge in [0, 0.05) is 6.42 Å². The van der Waals surface area contributed by atoms with Crippen LogP contribution >= 0.6 is 0 Å². The first-order chi connectivity index (χ1) is 13.7. The van der Waals surface area contributed by atoms with Crippen molar-refractivity contribution in [2.24, 2.45) is 0 Å². The van der Waals surface area contributed by atoms with Gasteiger partial charge >= 0.3 is 11.9 Å². The number of carbonyl (C=O) groups excluding carboxylic acids is 2. The summed E-state index contributed by atoms with van der Waals surface area (Å²) in [5, 5.41) is 0. The molecule has 0 unspecified atom stereocenters. The van der Waals surface area contributed by atoms with Gasteiger partial charge in [0.05, 0.1) is 24.8 Å². The fourth-order valence-electron chi connectivity index (χ4n) is 2.60. The van der Waals surface area contributed by atoms with Gasteiger partial charge in [-0.05, 0) is 42.0 Å². The molecule has 0 amide bonds. The molecule has 0 aliphatic heterocycles. The van der Waals surface area contributed by atoms with Gasteiger partial charge in [-0.25, -0.2) is 9.59 Å². The van der Waals surface area contributed by atoms with E-state index in [0.717, 1.165) is 5.56 Å². The molecule has 0 bridgehead atoms. The second-order valence-corrected chi connectivity index (χ2v) is 5.99. The Kier molecular flexibility index (Phi) is 6.41.